The number of hydrogen-bond donors (Lipinski definition) is 2. The number of ether oxygens (including phenoxy) is 2. The molecule has 0 unspecified atom stereocenters. The minimum Gasteiger partial charge on any atom is -0.473 e. The predicted molar refractivity (Wildman–Crippen MR) is 139 cm³/mol. The van der Waals surface area contributed by atoms with Crippen LogP contribution in [0.25, 0.3) is 11.1 Å². The maximum Gasteiger partial charge on any atom is 0.416 e. The molecule has 2 aromatic heterocycles. The van der Waals surface area contributed by atoms with Crippen LogP contribution in [-0.2, 0) is 10.9 Å². The maximum absolute atomic E-state index is 13.1. The molecule has 0 bridgehead atoms. The Bertz CT molecular complexity index is 1340. The number of halogens is 3. The van der Waals surface area contributed by atoms with E-state index in [2.05, 4.69) is 20.2 Å². The third-order valence-electron chi connectivity index (χ3n) is 6.93. The number of benzene rings is 1. The van der Waals surface area contributed by atoms with Crippen LogP contribution in [0.5, 0.6) is 5.88 Å². The van der Waals surface area contributed by atoms with Gasteiger partial charge in [-0.1, -0.05) is 6.07 Å². The molecular weight excluding hydrogens is 513 g/mol. The van der Waals surface area contributed by atoms with Crippen molar-refractivity contribution >= 4 is 17.3 Å². The number of rotatable bonds is 6. The largest absolute Gasteiger partial charge is 0.473 e. The van der Waals surface area contributed by atoms with Crippen molar-refractivity contribution < 1.29 is 32.5 Å². The number of aromatic nitrogens is 2. The third kappa shape index (κ3) is 6.31. The van der Waals surface area contributed by atoms with E-state index in [-0.39, 0.29) is 17.8 Å². The van der Waals surface area contributed by atoms with Crippen molar-refractivity contribution in [3.8, 4) is 17.0 Å². The first-order valence-electron chi connectivity index (χ1n) is 12.8. The van der Waals surface area contributed by atoms with Crippen LogP contribution < -0.4 is 15.0 Å². The highest BCUT2D eigenvalue weighted by molar-refractivity contribution is 6.04. The summed E-state index contributed by atoms with van der Waals surface area (Å²) in [5.74, 6) is -0.188. The van der Waals surface area contributed by atoms with Crippen molar-refractivity contribution in [3.63, 3.8) is 0 Å². The van der Waals surface area contributed by atoms with E-state index in [4.69, 9.17) is 9.47 Å². The fourth-order valence-corrected chi connectivity index (χ4v) is 4.83. The minimum absolute atomic E-state index is 0.109. The molecule has 0 radical (unpaired) electrons. The van der Waals surface area contributed by atoms with Crippen LogP contribution in [0.4, 0.5) is 24.5 Å². The van der Waals surface area contributed by atoms with E-state index in [1.54, 1.807) is 12.3 Å². The lowest BCUT2D eigenvalue weighted by Crippen LogP contribution is -2.36. The molecular formula is C28H29F3N4O4. The van der Waals surface area contributed by atoms with Crippen molar-refractivity contribution in [1.29, 1.82) is 0 Å². The van der Waals surface area contributed by atoms with Crippen LogP contribution >= 0.6 is 0 Å². The molecule has 1 saturated carbocycles. The van der Waals surface area contributed by atoms with Crippen molar-refractivity contribution in [2.45, 2.75) is 44.6 Å². The highest BCUT2D eigenvalue weighted by atomic mass is 19.4. The number of anilines is 2. The van der Waals surface area contributed by atoms with E-state index in [9.17, 15) is 23.1 Å². The molecule has 2 atom stereocenters. The lowest BCUT2D eigenvalue weighted by molar-refractivity contribution is -0.137. The molecule has 1 aliphatic carbocycles. The van der Waals surface area contributed by atoms with Gasteiger partial charge in [0.05, 0.1) is 36.8 Å². The van der Waals surface area contributed by atoms with Gasteiger partial charge in [0.2, 0.25) is 5.88 Å². The lowest BCUT2D eigenvalue weighted by Gasteiger charge is -2.30. The highest BCUT2D eigenvalue weighted by Gasteiger charge is 2.31. The van der Waals surface area contributed by atoms with Gasteiger partial charge in [0.15, 0.2) is 0 Å². The number of carbonyl (C=O) groups is 1. The first-order valence-corrected chi connectivity index (χ1v) is 12.8. The zero-order valence-corrected chi connectivity index (χ0v) is 21.4. The van der Waals surface area contributed by atoms with Crippen LogP contribution in [0, 0.1) is 6.92 Å². The Balaban J connectivity index is 1.42. The number of amides is 1. The zero-order valence-electron chi connectivity index (χ0n) is 21.4. The fourth-order valence-electron chi connectivity index (χ4n) is 4.83. The summed E-state index contributed by atoms with van der Waals surface area (Å²) in [5.41, 5.74) is 2.28. The van der Waals surface area contributed by atoms with Gasteiger partial charge >= 0.3 is 6.18 Å². The number of aryl methyl sites for hydroxylation is 1. The van der Waals surface area contributed by atoms with E-state index >= 15 is 0 Å². The van der Waals surface area contributed by atoms with Gasteiger partial charge in [-0.2, -0.15) is 13.2 Å². The fraction of sp³-hybridized carbons (Fsp3) is 0.393. The summed E-state index contributed by atoms with van der Waals surface area (Å²) in [4.78, 5) is 23.9. The van der Waals surface area contributed by atoms with Crippen LogP contribution in [0.15, 0.2) is 48.8 Å². The number of nitrogens with zero attached hydrogens (tertiary/aromatic N) is 3. The Kier molecular flexibility index (Phi) is 7.72. The molecule has 11 heteroatoms. The zero-order chi connectivity index (χ0) is 27.6. The van der Waals surface area contributed by atoms with Crippen molar-refractivity contribution in [2.75, 3.05) is 36.5 Å². The van der Waals surface area contributed by atoms with Crippen molar-refractivity contribution in [3.05, 3.63) is 65.6 Å². The van der Waals surface area contributed by atoms with E-state index in [1.165, 1.54) is 18.3 Å². The molecule has 1 aliphatic heterocycles. The monoisotopic (exact) mass is 542 g/mol. The predicted octanol–water partition coefficient (Wildman–Crippen LogP) is 4.85. The summed E-state index contributed by atoms with van der Waals surface area (Å²) in [7, 11) is 0. The number of aliphatic hydroxyl groups is 1. The molecule has 8 nitrogen and oxygen atoms in total. The number of aliphatic hydroxyl groups excluding tert-OH is 1. The summed E-state index contributed by atoms with van der Waals surface area (Å²) >= 11 is 0. The summed E-state index contributed by atoms with van der Waals surface area (Å²) in [5, 5.41) is 12.6. The summed E-state index contributed by atoms with van der Waals surface area (Å²) in [6.45, 7) is 4.30. The smallest absolute Gasteiger partial charge is 0.416 e. The Morgan fingerprint density at radius 2 is 1.92 bits per heavy atom. The van der Waals surface area contributed by atoms with Crippen LogP contribution in [0.1, 0.15) is 40.9 Å². The number of carbonyl (C=O) groups excluding carboxylic acids is 1. The second kappa shape index (κ2) is 11.2. The second-order valence-electron chi connectivity index (χ2n) is 9.74. The van der Waals surface area contributed by atoms with E-state index < -0.39 is 17.6 Å². The van der Waals surface area contributed by atoms with Crippen LogP contribution in [0.3, 0.4) is 0 Å². The molecule has 39 heavy (non-hydrogen) atoms. The van der Waals surface area contributed by atoms with E-state index in [0.29, 0.717) is 62.0 Å². The molecule has 1 saturated heterocycles. The van der Waals surface area contributed by atoms with Gasteiger partial charge in [-0.25, -0.2) is 4.98 Å². The molecule has 2 N–H and O–H groups in total. The van der Waals surface area contributed by atoms with E-state index in [0.717, 1.165) is 29.8 Å². The summed E-state index contributed by atoms with van der Waals surface area (Å²) < 4.78 is 51.0. The maximum atomic E-state index is 13.1. The Morgan fingerprint density at radius 1 is 1.13 bits per heavy atom. The number of morpholine rings is 1. The Hall–Kier alpha value is -3.70. The second-order valence-corrected chi connectivity index (χ2v) is 9.74. The number of pyridine rings is 2. The lowest BCUT2D eigenvalue weighted by atomic mass is 10.0. The summed E-state index contributed by atoms with van der Waals surface area (Å²) in [6, 6.07) is 7.95. The number of alkyl halides is 3. The molecule has 3 aromatic rings. The average molecular weight is 543 g/mol. The first-order chi connectivity index (χ1) is 18.7. The molecule has 5 rings (SSSR count). The highest BCUT2D eigenvalue weighted by Crippen LogP contribution is 2.36. The standard InChI is InChI=1S/C28H29F3N4O4/c1-17-24(13-21(16-32-17)34-26(37)18-3-2-4-20(11-18)28(29,30)31)19-12-25(35-7-9-38-10-8-35)27(33-15-19)39-23-6-5-22(36)14-23/h2-4,11-13,15-16,22-23,36H,5-10,14H2,1H3,(H,34,37)/t22-,23+/m1/s1. The molecule has 206 valence electrons. The van der Waals surface area contributed by atoms with Gasteiger partial charge in [0, 0.05) is 48.1 Å². The molecule has 2 aliphatic rings. The van der Waals surface area contributed by atoms with E-state index in [1.807, 2.05) is 13.0 Å². The third-order valence-corrected chi connectivity index (χ3v) is 6.93. The summed E-state index contributed by atoms with van der Waals surface area (Å²) in [6.07, 6.45) is 0.107. The molecule has 3 heterocycles. The molecule has 0 spiro atoms. The van der Waals surface area contributed by atoms with Gasteiger partial charge in [-0.3, -0.25) is 9.78 Å². The van der Waals surface area contributed by atoms with Crippen molar-refractivity contribution in [2.24, 2.45) is 0 Å². The number of nitrogens with one attached hydrogen (secondary N) is 1. The van der Waals surface area contributed by atoms with Gasteiger partial charge in [-0.15, -0.1) is 0 Å². The van der Waals surface area contributed by atoms with Crippen LogP contribution in [-0.4, -0.2) is 59.5 Å². The number of hydrogen-bond acceptors (Lipinski definition) is 7. The molecule has 2 fully saturated rings. The van der Waals surface area contributed by atoms with Crippen LogP contribution in [0.2, 0.25) is 0 Å². The van der Waals surface area contributed by atoms with Gasteiger partial charge in [0.25, 0.3) is 5.91 Å². The first kappa shape index (κ1) is 26.9. The Morgan fingerprint density at radius 3 is 2.64 bits per heavy atom. The Labute approximate surface area is 223 Å². The quantitative estimate of drug-likeness (QED) is 0.460. The molecule has 1 aromatic carbocycles. The van der Waals surface area contributed by atoms with Crippen molar-refractivity contribution in [1.82, 2.24) is 9.97 Å². The van der Waals surface area contributed by atoms with Gasteiger partial charge < -0.3 is 24.8 Å². The topological polar surface area (TPSA) is 96.8 Å². The minimum atomic E-state index is -4.55. The molecule has 1 amide bonds. The average Bonchev–Trinajstić information content (AvgIpc) is 3.34. The van der Waals surface area contributed by atoms with Gasteiger partial charge in [0.1, 0.15) is 11.8 Å². The normalized spacial score (nSPS) is 19.7. The SMILES string of the molecule is Cc1ncc(NC(=O)c2cccc(C(F)(F)F)c2)cc1-c1cnc(O[C@H]2CC[C@@H](O)C2)c(N2CCOCC2)c1. The van der Waals surface area contributed by atoms with Gasteiger partial charge in [-0.05, 0) is 50.1 Å².